The molecule has 0 saturated carbocycles. The van der Waals surface area contributed by atoms with Gasteiger partial charge in [0.25, 0.3) is 0 Å². The number of nitrogens with one attached hydrogen (secondary N) is 1. The van der Waals surface area contributed by atoms with Crippen LogP contribution in [-0.2, 0) is 0 Å². The quantitative estimate of drug-likeness (QED) is 0.747. The number of nitrogens with zero attached hydrogens (tertiary/aromatic N) is 2. The summed E-state index contributed by atoms with van der Waals surface area (Å²) in [6, 6.07) is 2.34. The van der Waals surface area contributed by atoms with Crippen LogP contribution in [0.15, 0.2) is 0 Å². The van der Waals surface area contributed by atoms with Crippen LogP contribution in [0.4, 0.5) is 0 Å². The summed E-state index contributed by atoms with van der Waals surface area (Å²) in [5.41, 5.74) is 0. The fraction of sp³-hybridized carbons (Fsp3) is 0.917. The summed E-state index contributed by atoms with van der Waals surface area (Å²) in [5.74, 6) is 0.847. The Morgan fingerprint density at radius 2 is 2.33 bits per heavy atom. The fourth-order valence-electron chi connectivity index (χ4n) is 2.31. The van der Waals surface area contributed by atoms with Gasteiger partial charge >= 0.3 is 0 Å². The number of likely N-dealkylation sites (N-methyl/N-ethyl adjacent to an activating group) is 1. The molecule has 0 bridgehead atoms. The van der Waals surface area contributed by atoms with Crippen LogP contribution >= 0.6 is 0 Å². The Kier molecular flexibility index (Phi) is 5.67. The Morgan fingerprint density at radius 1 is 1.53 bits per heavy atom. The molecule has 1 fully saturated rings. The van der Waals surface area contributed by atoms with Crippen molar-refractivity contribution in [3.05, 3.63) is 0 Å². The van der Waals surface area contributed by atoms with Crippen LogP contribution < -0.4 is 5.32 Å². The van der Waals surface area contributed by atoms with Gasteiger partial charge in [0, 0.05) is 13.1 Å². The van der Waals surface area contributed by atoms with Gasteiger partial charge in [0.15, 0.2) is 0 Å². The van der Waals surface area contributed by atoms with E-state index in [0.29, 0.717) is 0 Å². The molecule has 86 valence electrons. The van der Waals surface area contributed by atoms with E-state index < -0.39 is 0 Å². The normalized spacial score (nSPS) is 24.7. The number of rotatable bonds is 5. The summed E-state index contributed by atoms with van der Waals surface area (Å²) in [7, 11) is 0. The first kappa shape index (κ1) is 12.5. The van der Waals surface area contributed by atoms with Gasteiger partial charge in [-0.15, -0.1) is 0 Å². The van der Waals surface area contributed by atoms with Gasteiger partial charge in [0.05, 0.1) is 6.07 Å². The van der Waals surface area contributed by atoms with Crippen LogP contribution in [0.25, 0.3) is 0 Å². The molecule has 0 spiro atoms. The van der Waals surface area contributed by atoms with E-state index in [-0.39, 0.29) is 6.04 Å². The van der Waals surface area contributed by atoms with Crippen LogP contribution in [0.2, 0.25) is 0 Å². The molecule has 1 N–H and O–H groups in total. The van der Waals surface area contributed by atoms with Gasteiger partial charge in [-0.2, -0.15) is 5.26 Å². The highest BCUT2D eigenvalue weighted by Gasteiger charge is 2.20. The summed E-state index contributed by atoms with van der Waals surface area (Å²) in [4.78, 5) is 2.44. The van der Waals surface area contributed by atoms with Crippen molar-refractivity contribution >= 4 is 0 Å². The van der Waals surface area contributed by atoms with E-state index in [9.17, 15) is 0 Å². The summed E-state index contributed by atoms with van der Waals surface area (Å²) < 4.78 is 0. The predicted octanol–water partition coefficient (Wildman–Crippen LogP) is 1.61. The molecule has 0 radical (unpaired) electrons. The molecule has 0 aromatic carbocycles. The maximum atomic E-state index is 8.97. The second-order valence-corrected chi connectivity index (χ2v) is 4.42. The van der Waals surface area contributed by atoms with Crippen LogP contribution in [0.5, 0.6) is 0 Å². The molecule has 1 heterocycles. The molecule has 2 unspecified atom stereocenters. The molecule has 15 heavy (non-hydrogen) atoms. The average Bonchev–Trinajstić information content (AvgIpc) is 2.29. The second-order valence-electron chi connectivity index (χ2n) is 4.42. The molecule has 2 atom stereocenters. The molecule has 1 aliphatic heterocycles. The van der Waals surface area contributed by atoms with Gasteiger partial charge in [-0.25, -0.2) is 0 Å². The van der Waals surface area contributed by atoms with E-state index in [4.69, 9.17) is 5.26 Å². The molecular weight excluding hydrogens is 186 g/mol. The fourth-order valence-corrected chi connectivity index (χ4v) is 2.31. The van der Waals surface area contributed by atoms with Gasteiger partial charge in [-0.05, 0) is 31.8 Å². The number of piperidine rings is 1. The standard InChI is InChI=1S/C12H23N3/c1-3-11-6-5-7-15(9-11)10-12(8-13)14-4-2/h11-12,14H,3-7,9-10H2,1-2H3. The third-order valence-electron chi connectivity index (χ3n) is 3.23. The Balaban J connectivity index is 2.33. The summed E-state index contributed by atoms with van der Waals surface area (Å²) in [6.45, 7) is 8.43. The Labute approximate surface area is 93.5 Å². The van der Waals surface area contributed by atoms with E-state index in [2.05, 4.69) is 30.1 Å². The van der Waals surface area contributed by atoms with E-state index in [1.807, 2.05) is 0 Å². The summed E-state index contributed by atoms with van der Waals surface area (Å²) in [5, 5.41) is 12.2. The first-order valence-corrected chi connectivity index (χ1v) is 6.15. The predicted molar refractivity (Wildman–Crippen MR) is 62.5 cm³/mol. The van der Waals surface area contributed by atoms with Crippen molar-refractivity contribution in [2.24, 2.45) is 5.92 Å². The number of hydrogen-bond donors (Lipinski definition) is 1. The van der Waals surface area contributed by atoms with Crippen molar-refractivity contribution in [2.75, 3.05) is 26.2 Å². The van der Waals surface area contributed by atoms with Crippen LogP contribution in [0.3, 0.4) is 0 Å². The molecular formula is C12H23N3. The molecule has 1 rings (SSSR count). The van der Waals surface area contributed by atoms with E-state index in [1.54, 1.807) is 0 Å². The van der Waals surface area contributed by atoms with Crippen molar-refractivity contribution < 1.29 is 0 Å². The molecule has 0 aromatic heterocycles. The monoisotopic (exact) mass is 209 g/mol. The Hall–Kier alpha value is -0.590. The van der Waals surface area contributed by atoms with Crippen molar-refractivity contribution in [1.29, 1.82) is 5.26 Å². The zero-order chi connectivity index (χ0) is 11.1. The van der Waals surface area contributed by atoms with Crippen molar-refractivity contribution in [1.82, 2.24) is 10.2 Å². The lowest BCUT2D eigenvalue weighted by Crippen LogP contribution is -2.44. The first-order valence-electron chi connectivity index (χ1n) is 6.15. The zero-order valence-electron chi connectivity index (χ0n) is 10.00. The lowest BCUT2D eigenvalue weighted by atomic mass is 9.95. The lowest BCUT2D eigenvalue weighted by molar-refractivity contribution is 0.165. The van der Waals surface area contributed by atoms with Gasteiger partial charge in [0.1, 0.15) is 6.04 Å². The maximum Gasteiger partial charge on any atom is 0.108 e. The van der Waals surface area contributed by atoms with E-state index in [0.717, 1.165) is 19.0 Å². The van der Waals surface area contributed by atoms with Gasteiger partial charge in [-0.3, -0.25) is 0 Å². The summed E-state index contributed by atoms with van der Waals surface area (Å²) in [6.07, 6.45) is 3.93. The highest BCUT2D eigenvalue weighted by molar-refractivity contribution is 4.92. The SMILES string of the molecule is CCNC(C#N)CN1CCCC(CC)C1. The molecule has 0 amide bonds. The number of likely N-dealkylation sites (tertiary alicyclic amines) is 1. The van der Waals surface area contributed by atoms with Gasteiger partial charge in [-0.1, -0.05) is 20.3 Å². The van der Waals surface area contributed by atoms with Crippen molar-refractivity contribution in [3.8, 4) is 6.07 Å². The third-order valence-corrected chi connectivity index (χ3v) is 3.23. The molecule has 3 heteroatoms. The Bertz CT molecular complexity index is 209. The highest BCUT2D eigenvalue weighted by Crippen LogP contribution is 2.18. The molecule has 3 nitrogen and oxygen atoms in total. The highest BCUT2D eigenvalue weighted by atomic mass is 15.2. The number of hydrogen-bond acceptors (Lipinski definition) is 3. The van der Waals surface area contributed by atoms with E-state index >= 15 is 0 Å². The second kappa shape index (κ2) is 6.81. The molecule has 0 aromatic rings. The minimum atomic E-state index is 0.00519. The maximum absolute atomic E-state index is 8.97. The van der Waals surface area contributed by atoms with Crippen molar-refractivity contribution in [3.63, 3.8) is 0 Å². The van der Waals surface area contributed by atoms with Crippen molar-refractivity contribution in [2.45, 2.75) is 39.2 Å². The molecule has 1 saturated heterocycles. The average molecular weight is 209 g/mol. The molecule has 1 aliphatic rings. The summed E-state index contributed by atoms with van der Waals surface area (Å²) >= 11 is 0. The zero-order valence-corrected chi connectivity index (χ0v) is 10.00. The topological polar surface area (TPSA) is 39.1 Å². The van der Waals surface area contributed by atoms with E-state index in [1.165, 1.54) is 32.4 Å². The minimum absolute atomic E-state index is 0.00519. The Morgan fingerprint density at radius 3 is 2.93 bits per heavy atom. The molecule has 0 aliphatic carbocycles. The van der Waals surface area contributed by atoms with Gasteiger partial charge in [0.2, 0.25) is 0 Å². The smallest absolute Gasteiger partial charge is 0.108 e. The van der Waals surface area contributed by atoms with Crippen LogP contribution in [0.1, 0.15) is 33.1 Å². The largest absolute Gasteiger partial charge is 0.301 e. The first-order chi connectivity index (χ1) is 7.30. The minimum Gasteiger partial charge on any atom is -0.301 e. The van der Waals surface area contributed by atoms with Gasteiger partial charge < -0.3 is 10.2 Å². The van der Waals surface area contributed by atoms with Crippen LogP contribution in [0, 0.1) is 17.2 Å². The lowest BCUT2D eigenvalue weighted by Gasteiger charge is -2.33. The third kappa shape index (κ3) is 4.19. The van der Waals surface area contributed by atoms with Crippen LogP contribution in [-0.4, -0.2) is 37.1 Å². The number of nitriles is 1.